The standard InChI is InChI=1S/C10H24N2S/c1-3-5-7-12(8-6-11)9-10-13-4-2/h3-11H2,1-2H3. The van der Waals surface area contributed by atoms with E-state index in [2.05, 4.69) is 18.7 Å². The highest BCUT2D eigenvalue weighted by Crippen LogP contribution is 2.01. The van der Waals surface area contributed by atoms with Gasteiger partial charge in [-0.15, -0.1) is 0 Å². The molecule has 0 atom stereocenters. The SMILES string of the molecule is CCCCN(CCN)CCSCC. The molecule has 0 amide bonds. The van der Waals surface area contributed by atoms with Gasteiger partial charge in [0.15, 0.2) is 0 Å². The van der Waals surface area contributed by atoms with Crippen LogP contribution in [0.1, 0.15) is 26.7 Å². The summed E-state index contributed by atoms with van der Waals surface area (Å²) in [6.07, 6.45) is 2.58. The predicted octanol–water partition coefficient (Wildman–Crippen LogP) is 1.80. The number of thioether (sulfide) groups is 1. The number of unbranched alkanes of at least 4 members (excludes halogenated alkanes) is 1. The van der Waals surface area contributed by atoms with E-state index in [-0.39, 0.29) is 0 Å². The molecule has 0 spiro atoms. The fourth-order valence-corrected chi connectivity index (χ4v) is 1.91. The maximum absolute atomic E-state index is 5.56. The lowest BCUT2D eigenvalue weighted by atomic mass is 10.3. The lowest BCUT2D eigenvalue weighted by molar-refractivity contribution is 0.294. The minimum Gasteiger partial charge on any atom is -0.329 e. The van der Waals surface area contributed by atoms with Crippen molar-refractivity contribution in [1.29, 1.82) is 0 Å². The Bertz CT molecular complexity index is 98.9. The second kappa shape index (κ2) is 10.4. The van der Waals surface area contributed by atoms with E-state index in [4.69, 9.17) is 5.73 Å². The van der Waals surface area contributed by atoms with Gasteiger partial charge in [0.05, 0.1) is 0 Å². The van der Waals surface area contributed by atoms with Crippen LogP contribution in [0.5, 0.6) is 0 Å². The average Bonchev–Trinajstić information content (AvgIpc) is 2.14. The third kappa shape index (κ3) is 8.60. The molecule has 13 heavy (non-hydrogen) atoms. The lowest BCUT2D eigenvalue weighted by Crippen LogP contribution is -2.32. The zero-order valence-corrected chi connectivity index (χ0v) is 9.91. The van der Waals surface area contributed by atoms with Gasteiger partial charge in [0, 0.05) is 25.4 Å². The lowest BCUT2D eigenvalue weighted by Gasteiger charge is -2.20. The zero-order valence-electron chi connectivity index (χ0n) is 9.09. The van der Waals surface area contributed by atoms with Crippen LogP contribution in [-0.4, -0.2) is 42.6 Å². The highest BCUT2D eigenvalue weighted by molar-refractivity contribution is 7.99. The zero-order chi connectivity index (χ0) is 9.94. The first kappa shape index (κ1) is 13.3. The molecule has 0 aliphatic carbocycles. The molecule has 0 aliphatic heterocycles. The van der Waals surface area contributed by atoms with Gasteiger partial charge >= 0.3 is 0 Å². The van der Waals surface area contributed by atoms with Crippen molar-refractivity contribution in [2.45, 2.75) is 26.7 Å². The molecule has 2 nitrogen and oxygen atoms in total. The van der Waals surface area contributed by atoms with Gasteiger partial charge < -0.3 is 10.6 Å². The maximum atomic E-state index is 5.56. The van der Waals surface area contributed by atoms with Crippen molar-refractivity contribution in [2.75, 3.05) is 37.7 Å². The van der Waals surface area contributed by atoms with Gasteiger partial charge in [-0.1, -0.05) is 20.3 Å². The summed E-state index contributed by atoms with van der Waals surface area (Å²) in [7, 11) is 0. The van der Waals surface area contributed by atoms with Crippen LogP contribution in [0.3, 0.4) is 0 Å². The molecule has 0 aromatic carbocycles. The molecule has 0 saturated carbocycles. The van der Waals surface area contributed by atoms with Crippen LogP contribution in [0.4, 0.5) is 0 Å². The number of rotatable bonds is 9. The molecule has 0 aromatic rings. The molecule has 0 unspecified atom stereocenters. The van der Waals surface area contributed by atoms with Crippen molar-refractivity contribution < 1.29 is 0 Å². The Hall–Kier alpha value is 0.270. The van der Waals surface area contributed by atoms with E-state index in [0.29, 0.717) is 0 Å². The molecule has 0 bridgehead atoms. The van der Waals surface area contributed by atoms with E-state index in [1.807, 2.05) is 11.8 Å². The maximum Gasteiger partial charge on any atom is 0.0105 e. The van der Waals surface area contributed by atoms with Gasteiger partial charge in [-0.25, -0.2) is 0 Å². The molecule has 2 N–H and O–H groups in total. The third-order valence-electron chi connectivity index (χ3n) is 2.03. The fourth-order valence-electron chi connectivity index (χ4n) is 1.24. The van der Waals surface area contributed by atoms with Crippen molar-refractivity contribution in [3.63, 3.8) is 0 Å². The number of hydrogen-bond donors (Lipinski definition) is 1. The van der Waals surface area contributed by atoms with Crippen molar-refractivity contribution in [3.05, 3.63) is 0 Å². The molecule has 0 radical (unpaired) electrons. The Morgan fingerprint density at radius 3 is 2.46 bits per heavy atom. The predicted molar refractivity (Wildman–Crippen MR) is 63.4 cm³/mol. The van der Waals surface area contributed by atoms with E-state index in [1.165, 1.54) is 37.4 Å². The first-order valence-electron chi connectivity index (χ1n) is 5.35. The topological polar surface area (TPSA) is 29.3 Å². The summed E-state index contributed by atoms with van der Waals surface area (Å²) in [5, 5.41) is 0. The van der Waals surface area contributed by atoms with Crippen molar-refractivity contribution >= 4 is 11.8 Å². The second-order valence-electron chi connectivity index (χ2n) is 3.18. The minimum atomic E-state index is 0.792. The average molecular weight is 204 g/mol. The fraction of sp³-hybridized carbons (Fsp3) is 1.00. The van der Waals surface area contributed by atoms with E-state index >= 15 is 0 Å². The Labute approximate surface area is 87.2 Å². The highest BCUT2D eigenvalue weighted by atomic mass is 32.2. The van der Waals surface area contributed by atoms with Crippen LogP contribution in [0.15, 0.2) is 0 Å². The Balaban J connectivity index is 3.41. The van der Waals surface area contributed by atoms with Gasteiger partial charge in [0.25, 0.3) is 0 Å². The highest BCUT2D eigenvalue weighted by Gasteiger charge is 2.01. The molecular weight excluding hydrogens is 180 g/mol. The summed E-state index contributed by atoms with van der Waals surface area (Å²) in [6, 6.07) is 0. The summed E-state index contributed by atoms with van der Waals surface area (Å²) in [5.41, 5.74) is 5.56. The first-order valence-corrected chi connectivity index (χ1v) is 6.50. The third-order valence-corrected chi connectivity index (χ3v) is 2.91. The smallest absolute Gasteiger partial charge is 0.0105 e. The number of nitrogens with zero attached hydrogens (tertiary/aromatic N) is 1. The molecule has 0 aliphatic rings. The van der Waals surface area contributed by atoms with E-state index in [0.717, 1.165) is 13.1 Å². The second-order valence-corrected chi connectivity index (χ2v) is 4.57. The summed E-state index contributed by atoms with van der Waals surface area (Å²) in [6.45, 7) is 8.73. The largest absolute Gasteiger partial charge is 0.329 e. The number of nitrogens with two attached hydrogens (primary N) is 1. The van der Waals surface area contributed by atoms with E-state index in [1.54, 1.807) is 0 Å². The van der Waals surface area contributed by atoms with Crippen LogP contribution in [0, 0.1) is 0 Å². The molecule has 0 aromatic heterocycles. The van der Waals surface area contributed by atoms with Crippen LogP contribution in [-0.2, 0) is 0 Å². The quantitative estimate of drug-likeness (QED) is 0.581. The van der Waals surface area contributed by atoms with Gasteiger partial charge in [-0.3, -0.25) is 0 Å². The summed E-state index contributed by atoms with van der Waals surface area (Å²) >= 11 is 2.01. The van der Waals surface area contributed by atoms with E-state index < -0.39 is 0 Å². The Morgan fingerprint density at radius 2 is 1.92 bits per heavy atom. The van der Waals surface area contributed by atoms with Crippen LogP contribution >= 0.6 is 11.8 Å². The van der Waals surface area contributed by atoms with Gasteiger partial charge in [0.1, 0.15) is 0 Å². The number of hydrogen-bond acceptors (Lipinski definition) is 3. The molecular formula is C10H24N2S. The van der Waals surface area contributed by atoms with Gasteiger partial charge in [-0.05, 0) is 18.7 Å². The molecule has 0 saturated heterocycles. The van der Waals surface area contributed by atoms with Crippen molar-refractivity contribution in [3.8, 4) is 0 Å². The summed E-state index contributed by atoms with van der Waals surface area (Å²) in [4.78, 5) is 2.48. The normalized spacial score (nSPS) is 11.1. The first-order chi connectivity index (χ1) is 6.35. The van der Waals surface area contributed by atoms with Crippen LogP contribution < -0.4 is 5.73 Å². The summed E-state index contributed by atoms with van der Waals surface area (Å²) < 4.78 is 0. The Morgan fingerprint density at radius 1 is 1.15 bits per heavy atom. The molecule has 0 rings (SSSR count). The van der Waals surface area contributed by atoms with Crippen LogP contribution in [0.2, 0.25) is 0 Å². The van der Waals surface area contributed by atoms with Crippen molar-refractivity contribution in [1.82, 2.24) is 4.90 Å². The summed E-state index contributed by atoms with van der Waals surface area (Å²) in [5.74, 6) is 2.48. The molecule has 3 heteroatoms. The Kier molecular flexibility index (Phi) is 10.6. The van der Waals surface area contributed by atoms with Crippen molar-refractivity contribution in [2.24, 2.45) is 5.73 Å². The molecule has 0 fully saturated rings. The van der Waals surface area contributed by atoms with E-state index in [9.17, 15) is 0 Å². The monoisotopic (exact) mass is 204 g/mol. The minimum absolute atomic E-state index is 0.792. The van der Waals surface area contributed by atoms with Gasteiger partial charge in [-0.2, -0.15) is 11.8 Å². The molecule has 80 valence electrons. The van der Waals surface area contributed by atoms with Gasteiger partial charge in [0.2, 0.25) is 0 Å². The molecule has 0 heterocycles. The van der Waals surface area contributed by atoms with Crippen LogP contribution in [0.25, 0.3) is 0 Å².